The van der Waals surface area contributed by atoms with Crippen LogP contribution >= 0.6 is 0 Å². The number of hydrogen-bond acceptors (Lipinski definition) is 3. The van der Waals surface area contributed by atoms with Crippen molar-refractivity contribution in [2.24, 2.45) is 0 Å². The van der Waals surface area contributed by atoms with Gasteiger partial charge in [-0.3, -0.25) is 0 Å². The van der Waals surface area contributed by atoms with Crippen LogP contribution in [0.3, 0.4) is 0 Å². The van der Waals surface area contributed by atoms with E-state index >= 15 is 0 Å². The van der Waals surface area contributed by atoms with E-state index in [9.17, 15) is 0 Å². The number of nitrogens with zero attached hydrogens (tertiary/aromatic N) is 1. The summed E-state index contributed by atoms with van der Waals surface area (Å²) in [6.45, 7) is 6.92. The van der Waals surface area contributed by atoms with Crippen molar-refractivity contribution in [2.75, 3.05) is 13.2 Å². The molecule has 0 saturated carbocycles. The fourth-order valence-corrected chi connectivity index (χ4v) is 1.41. The molecule has 1 unspecified atom stereocenters. The van der Waals surface area contributed by atoms with Gasteiger partial charge < -0.3 is 9.47 Å². The highest BCUT2D eigenvalue weighted by Crippen LogP contribution is 2.31. The Kier molecular flexibility index (Phi) is 4.65. The molecular weight excluding hydrogens is 202 g/mol. The summed E-state index contributed by atoms with van der Waals surface area (Å²) in [5.41, 5.74) is 0.953. The Morgan fingerprint density at radius 2 is 1.81 bits per heavy atom. The lowest BCUT2D eigenvalue weighted by atomic mass is 10.0. The smallest absolute Gasteiger partial charge is 0.161 e. The van der Waals surface area contributed by atoms with Gasteiger partial charge in [0.15, 0.2) is 11.5 Å². The molecule has 1 atom stereocenters. The lowest BCUT2D eigenvalue weighted by molar-refractivity contribution is 0.287. The number of benzene rings is 1. The molecule has 0 bridgehead atoms. The first-order chi connectivity index (χ1) is 7.72. The van der Waals surface area contributed by atoms with Crippen molar-refractivity contribution in [3.8, 4) is 17.6 Å². The highest BCUT2D eigenvalue weighted by molar-refractivity contribution is 5.44. The summed E-state index contributed by atoms with van der Waals surface area (Å²) in [6, 6.07) is 7.85. The van der Waals surface area contributed by atoms with Crippen molar-refractivity contribution in [1.29, 1.82) is 5.26 Å². The van der Waals surface area contributed by atoms with Gasteiger partial charge in [-0.15, -0.1) is 0 Å². The minimum atomic E-state index is -0.130. The molecule has 1 aromatic rings. The standard InChI is InChI=1S/C13H17NO2/c1-4-15-12-7-6-11(10(3)9-14)8-13(12)16-5-2/h6-8,10H,4-5H2,1-3H3. The third-order valence-corrected chi connectivity index (χ3v) is 2.26. The first kappa shape index (κ1) is 12.4. The van der Waals surface area contributed by atoms with Crippen LogP contribution in [-0.4, -0.2) is 13.2 Å². The third-order valence-electron chi connectivity index (χ3n) is 2.26. The van der Waals surface area contributed by atoms with Crippen molar-refractivity contribution in [3.63, 3.8) is 0 Å². The zero-order valence-electron chi connectivity index (χ0n) is 9.99. The quantitative estimate of drug-likeness (QED) is 0.764. The maximum atomic E-state index is 8.86. The van der Waals surface area contributed by atoms with E-state index in [2.05, 4.69) is 6.07 Å². The van der Waals surface area contributed by atoms with Gasteiger partial charge in [-0.05, 0) is 38.5 Å². The van der Waals surface area contributed by atoms with E-state index < -0.39 is 0 Å². The Morgan fingerprint density at radius 1 is 1.19 bits per heavy atom. The van der Waals surface area contributed by atoms with Crippen molar-refractivity contribution in [3.05, 3.63) is 23.8 Å². The monoisotopic (exact) mass is 219 g/mol. The lowest BCUT2D eigenvalue weighted by Crippen LogP contribution is -2.00. The highest BCUT2D eigenvalue weighted by atomic mass is 16.5. The Morgan fingerprint density at radius 3 is 2.38 bits per heavy atom. The van der Waals surface area contributed by atoms with E-state index in [-0.39, 0.29) is 5.92 Å². The summed E-state index contributed by atoms with van der Waals surface area (Å²) in [4.78, 5) is 0. The zero-order chi connectivity index (χ0) is 12.0. The number of hydrogen-bond donors (Lipinski definition) is 0. The largest absolute Gasteiger partial charge is 0.490 e. The Labute approximate surface area is 96.6 Å². The van der Waals surface area contributed by atoms with Gasteiger partial charge in [-0.25, -0.2) is 0 Å². The van der Waals surface area contributed by atoms with E-state index in [1.54, 1.807) is 0 Å². The van der Waals surface area contributed by atoms with Crippen LogP contribution in [-0.2, 0) is 0 Å². The molecule has 0 aliphatic rings. The second-order valence-corrected chi connectivity index (χ2v) is 3.42. The summed E-state index contributed by atoms with van der Waals surface area (Å²) >= 11 is 0. The van der Waals surface area contributed by atoms with Gasteiger partial charge in [0.1, 0.15) is 0 Å². The molecule has 0 heterocycles. The molecule has 0 fully saturated rings. The Bertz CT molecular complexity index is 382. The molecule has 3 nitrogen and oxygen atoms in total. The molecule has 0 aromatic heterocycles. The summed E-state index contributed by atoms with van der Waals surface area (Å²) < 4.78 is 10.9. The molecule has 0 aliphatic heterocycles. The fraction of sp³-hybridized carbons (Fsp3) is 0.462. The molecule has 0 spiro atoms. The molecule has 0 N–H and O–H groups in total. The van der Waals surface area contributed by atoms with Crippen molar-refractivity contribution in [1.82, 2.24) is 0 Å². The minimum absolute atomic E-state index is 0.130. The molecule has 3 heteroatoms. The number of rotatable bonds is 5. The maximum absolute atomic E-state index is 8.86. The van der Waals surface area contributed by atoms with Crippen molar-refractivity contribution >= 4 is 0 Å². The zero-order valence-corrected chi connectivity index (χ0v) is 9.99. The van der Waals surface area contributed by atoms with Gasteiger partial charge in [0.2, 0.25) is 0 Å². The van der Waals surface area contributed by atoms with Gasteiger partial charge in [0, 0.05) is 0 Å². The first-order valence-corrected chi connectivity index (χ1v) is 5.52. The SMILES string of the molecule is CCOc1ccc(C(C)C#N)cc1OCC. The van der Waals surface area contributed by atoms with Crippen LogP contribution in [0.2, 0.25) is 0 Å². The molecule has 0 amide bonds. The number of nitriles is 1. The average Bonchev–Trinajstić information content (AvgIpc) is 2.31. The molecular formula is C13H17NO2. The summed E-state index contributed by atoms with van der Waals surface area (Å²) in [5, 5.41) is 8.86. The highest BCUT2D eigenvalue weighted by Gasteiger charge is 2.09. The first-order valence-electron chi connectivity index (χ1n) is 5.52. The van der Waals surface area contributed by atoms with E-state index in [4.69, 9.17) is 14.7 Å². The Balaban J connectivity index is 3.02. The summed E-state index contributed by atoms with van der Waals surface area (Å²) in [7, 11) is 0. The van der Waals surface area contributed by atoms with Crippen LogP contribution < -0.4 is 9.47 Å². The molecule has 0 aliphatic carbocycles. The number of ether oxygens (including phenoxy) is 2. The van der Waals surface area contributed by atoms with Gasteiger partial charge in [-0.1, -0.05) is 6.07 Å². The maximum Gasteiger partial charge on any atom is 0.161 e. The van der Waals surface area contributed by atoms with Crippen LogP contribution in [0.1, 0.15) is 32.3 Å². The molecule has 1 rings (SSSR count). The minimum Gasteiger partial charge on any atom is -0.490 e. The predicted octanol–water partition coefficient (Wildman–Crippen LogP) is 3.11. The van der Waals surface area contributed by atoms with E-state index in [0.29, 0.717) is 19.0 Å². The average molecular weight is 219 g/mol. The summed E-state index contributed by atoms with van der Waals surface area (Å²) in [5.74, 6) is 1.32. The molecule has 16 heavy (non-hydrogen) atoms. The van der Waals surface area contributed by atoms with Crippen LogP contribution in [0.25, 0.3) is 0 Å². The van der Waals surface area contributed by atoms with Gasteiger partial charge in [0.05, 0.1) is 25.2 Å². The molecule has 0 radical (unpaired) electrons. The van der Waals surface area contributed by atoms with Crippen LogP contribution in [0.15, 0.2) is 18.2 Å². The van der Waals surface area contributed by atoms with Crippen LogP contribution in [0, 0.1) is 11.3 Å². The normalized spacial score (nSPS) is 11.6. The van der Waals surface area contributed by atoms with Gasteiger partial charge in [-0.2, -0.15) is 5.26 Å². The molecule has 1 aromatic carbocycles. The summed E-state index contributed by atoms with van der Waals surface area (Å²) in [6.07, 6.45) is 0. The predicted molar refractivity (Wildman–Crippen MR) is 62.8 cm³/mol. The lowest BCUT2D eigenvalue weighted by Gasteiger charge is -2.13. The van der Waals surface area contributed by atoms with Gasteiger partial charge >= 0.3 is 0 Å². The Hall–Kier alpha value is -1.69. The van der Waals surface area contributed by atoms with Crippen LogP contribution in [0.4, 0.5) is 0 Å². The van der Waals surface area contributed by atoms with Crippen molar-refractivity contribution in [2.45, 2.75) is 26.7 Å². The molecule has 86 valence electrons. The second kappa shape index (κ2) is 6.02. The topological polar surface area (TPSA) is 42.2 Å². The van der Waals surface area contributed by atoms with E-state index in [1.165, 1.54) is 0 Å². The molecule has 0 saturated heterocycles. The second-order valence-electron chi connectivity index (χ2n) is 3.42. The van der Waals surface area contributed by atoms with Crippen LogP contribution in [0.5, 0.6) is 11.5 Å². The van der Waals surface area contributed by atoms with E-state index in [0.717, 1.165) is 11.3 Å². The van der Waals surface area contributed by atoms with E-state index in [1.807, 2.05) is 39.0 Å². The fourth-order valence-electron chi connectivity index (χ4n) is 1.41. The van der Waals surface area contributed by atoms with Crippen molar-refractivity contribution < 1.29 is 9.47 Å². The van der Waals surface area contributed by atoms with Gasteiger partial charge in [0.25, 0.3) is 0 Å². The third kappa shape index (κ3) is 2.90.